The van der Waals surface area contributed by atoms with Gasteiger partial charge in [-0.15, -0.1) is 0 Å². The summed E-state index contributed by atoms with van der Waals surface area (Å²) in [5, 5.41) is 0. The number of hydrogen-bond donors (Lipinski definition) is 0. The molecule has 2 aliphatic heterocycles. The summed E-state index contributed by atoms with van der Waals surface area (Å²) in [5.74, 6) is 0.351. The molecule has 0 aromatic heterocycles. The van der Waals surface area contributed by atoms with Gasteiger partial charge in [0, 0.05) is 30.2 Å². The summed E-state index contributed by atoms with van der Waals surface area (Å²) in [4.78, 5) is 25.8. The number of ether oxygens (including phenoxy) is 4. The highest BCUT2D eigenvalue weighted by atomic mass is 16.8. The molecular weight excluding hydrogens is 456 g/mol. The van der Waals surface area contributed by atoms with E-state index in [1.165, 1.54) is 19.3 Å². The zero-order valence-corrected chi connectivity index (χ0v) is 23.2. The molecule has 4 rings (SSSR count). The largest absolute Gasteiger partial charge is 0.487 e. The maximum Gasteiger partial charge on any atom is 0.343 e. The molecule has 36 heavy (non-hydrogen) atoms. The topological polar surface area (TPSA) is 71.1 Å². The lowest BCUT2D eigenvalue weighted by Crippen LogP contribution is -2.47. The summed E-state index contributed by atoms with van der Waals surface area (Å²) in [6, 6.07) is 4.14. The highest BCUT2D eigenvalue weighted by Gasteiger charge is 2.48. The van der Waals surface area contributed by atoms with Gasteiger partial charge in [0.2, 0.25) is 0 Å². The molecule has 1 saturated carbocycles. The standard InChI is InChI=1S/C30H44O6/c1-8-9-10-11-14-28(2,3)19-15-23(34-27(32)25-18-33-30(6,7)36-25)26-21-17-20(31)12-13-22(21)29(4,5)35-24(26)16-19/h15-16,21-22,25H,8-14,17-18H2,1-7H3/t21-,22-,25-/m1/s1. The van der Waals surface area contributed by atoms with Crippen LogP contribution in [0, 0.1) is 5.92 Å². The van der Waals surface area contributed by atoms with Gasteiger partial charge < -0.3 is 18.9 Å². The first kappa shape index (κ1) is 27.1. The number of carbonyl (C=O) groups excluding carboxylic acids is 2. The summed E-state index contributed by atoms with van der Waals surface area (Å²) >= 11 is 0. The maximum absolute atomic E-state index is 13.2. The number of hydrogen-bond acceptors (Lipinski definition) is 6. The lowest BCUT2D eigenvalue weighted by molar-refractivity contribution is -0.162. The van der Waals surface area contributed by atoms with Gasteiger partial charge in [0.05, 0.1) is 6.61 Å². The number of ketones is 1. The van der Waals surface area contributed by atoms with E-state index in [1.54, 1.807) is 13.8 Å². The number of fused-ring (bicyclic) bond motifs is 3. The number of rotatable bonds is 8. The van der Waals surface area contributed by atoms with Crippen molar-refractivity contribution < 1.29 is 28.5 Å². The van der Waals surface area contributed by atoms with Crippen LogP contribution < -0.4 is 9.47 Å². The van der Waals surface area contributed by atoms with Crippen molar-refractivity contribution in [1.82, 2.24) is 0 Å². The van der Waals surface area contributed by atoms with E-state index in [1.807, 2.05) is 6.07 Å². The monoisotopic (exact) mass is 500 g/mol. The second-order valence-electron chi connectivity index (χ2n) is 12.5. The van der Waals surface area contributed by atoms with Crippen LogP contribution in [-0.4, -0.2) is 35.9 Å². The quantitative estimate of drug-likeness (QED) is 0.227. The number of Topliss-reactive ketones (excluding diaryl/α,β-unsaturated/α-hetero) is 1. The Morgan fingerprint density at radius 3 is 2.56 bits per heavy atom. The van der Waals surface area contributed by atoms with Gasteiger partial charge in [-0.2, -0.15) is 0 Å². The average Bonchev–Trinajstić information content (AvgIpc) is 3.15. The Labute approximate surface area is 216 Å². The van der Waals surface area contributed by atoms with Crippen molar-refractivity contribution in [3.05, 3.63) is 23.3 Å². The zero-order chi connectivity index (χ0) is 26.3. The third-order valence-electron chi connectivity index (χ3n) is 8.33. The molecule has 3 aliphatic rings. The molecule has 0 spiro atoms. The van der Waals surface area contributed by atoms with E-state index in [9.17, 15) is 9.59 Å². The molecule has 0 radical (unpaired) electrons. The van der Waals surface area contributed by atoms with Gasteiger partial charge >= 0.3 is 5.97 Å². The molecule has 0 N–H and O–H groups in total. The van der Waals surface area contributed by atoms with Crippen LogP contribution in [0.15, 0.2) is 12.1 Å². The van der Waals surface area contributed by atoms with Gasteiger partial charge in [-0.3, -0.25) is 4.79 Å². The summed E-state index contributed by atoms with van der Waals surface area (Å²) in [6.07, 6.45) is 6.82. The van der Waals surface area contributed by atoms with Gasteiger partial charge in [0.25, 0.3) is 0 Å². The van der Waals surface area contributed by atoms with Gasteiger partial charge in [-0.25, -0.2) is 4.79 Å². The predicted octanol–water partition coefficient (Wildman–Crippen LogP) is 6.62. The Morgan fingerprint density at radius 1 is 1.14 bits per heavy atom. The molecule has 0 unspecified atom stereocenters. The molecule has 3 atom stereocenters. The Morgan fingerprint density at radius 2 is 1.89 bits per heavy atom. The number of unbranched alkanes of at least 4 members (excludes halogenated alkanes) is 3. The molecule has 200 valence electrons. The predicted molar refractivity (Wildman–Crippen MR) is 139 cm³/mol. The fourth-order valence-corrected chi connectivity index (χ4v) is 6.14. The second kappa shape index (κ2) is 10.1. The van der Waals surface area contributed by atoms with E-state index >= 15 is 0 Å². The first-order chi connectivity index (χ1) is 16.8. The molecule has 2 fully saturated rings. The number of benzene rings is 1. The smallest absolute Gasteiger partial charge is 0.343 e. The van der Waals surface area contributed by atoms with Crippen molar-refractivity contribution in [2.45, 2.75) is 129 Å². The van der Waals surface area contributed by atoms with Gasteiger partial charge in [-0.05, 0) is 63.6 Å². The van der Waals surface area contributed by atoms with Crippen molar-refractivity contribution in [1.29, 1.82) is 0 Å². The molecule has 1 aromatic rings. The van der Waals surface area contributed by atoms with E-state index in [-0.39, 0.29) is 29.6 Å². The van der Waals surface area contributed by atoms with Crippen LogP contribution in [0.1, 0.15) is 117 Å². The molecule has 1 aromatic carbocycles. The van der Waals surface area contributed by atoms with Gasteiger partial charge in [-0.1, -0.05) is 46.5 Å². The van der Waals surface area contributed by atoms with Gasteiger partial charge in [0.15, 0.2) is 11.9 Å². The van der Waals surface area contributed by atoms with Crippen molar-refractivity contribution in [3.63, 3.8) is 0 Å². The van der Waals surface area contributed by atoms with E-state index in [0.29, 0.717) is 18.6 Å². The Kier molecular flexibility index (Phi) is 7.60. The SMILES string of the molecule is CCCCCCC(C)(C)c1cc(OC(=O)[C@H]2COC(C)(C)O2)c2c(c1)OC(C)(C)[C@@H]1CCC(=O)C[C@@H]21. The average molecular weight is 501 g/mol. The van der Waals surface area contributed by atoms with Crippen LogP contribution in [0.5, 0.6) is 11.5 Å². The minimum atomic E-state index is -0.820. The Balaban J connectivity index is 1.72. The van der Waals surface area contributed by atoms with Crippen molar-refractivity contribution in [3.8, 4) is 11.5 Å². The van der Waals surface area contributed by atoms with Crippen LogP contribution in [0.2, 0.25) is 0 Å². The maximum atomic E-state index is 13.2. The normalized spacial score (nSPS) is 26.6. The van der Waals surface area contributed by atoms with Crippen molar-refractivity contribution in [2.75, 3.05) is 6.61 Å². The molecule has 2 heterocycles. The second-order valence-corrected chi connectivity index (χ2v) is 12.5. The Bertz CT molecular complexity index is 991. The van der Waals surface area contributed by atoms with Crippen LogP contribution in [-0.2, 0) is 24.5 Å². The molecule has 6 nitrogen and oxygen atoms in total. The van der Waals surface area contributed by atoms with Crippen LogP contribution in [0.3, 0.4) is 0 Å². The molecule has 1 saturated heterocycles. The fourth-order valence-electron chi connectivity index (χ4n) is 6.14. The molecule has 1 aliphatic carbocycles. The van der Waals surface area contributed by atoms with E-state index in [4.69, 9.17) is 18.9 Å². The molecule has 0 amide bonds. The van der Waals surface area contributed by atoms with Crippen molar-refractivity contribution >= 4 is 11.8 Å². The molecule has 6 heteroatoms. The highest BCUT2D eigenvalue weighted by molar-refractivity contribution is 5.82. The summed E-state index contributed by atoms with van der Waals surface area (Å²) in [5.41, 5.74) is 1.41. The molecular formula is C30H44O6. The number of carbonyl (C=O) groups is 2. The van der Waals surface area contributed by atoms with E-state index in [2.05, 4.69) is 40.7 Å². The minimum absolute atomic E-state index is 0.0355. The third-order valence-corrected chi connectivity index (χ3v) is 8.33. The fraction of sp³-hybridized carbons (Fsp3) is 0.733. The zero-order valence-electron chi connectivity index (χ0n) is 23.2. The lowest BCUT2D eigenvalue weighted by atomic mass is 9.66. The highest BCUT2D eigenvalue weighted by Crippen LogP contribution is 2.55. The van der Waals surface area contributed by atoms with Crippen LogP contribution in [0.25, 0.3) is 0 Å². The third kappa shape index (κ3) is 5.65. The molecule has 0 bridgehead atoms. The van der Waals surface area contributed by atoms with Gasteiger partial charge in [0.1, 0.15) is 22.9 Å². The summed E-state index contributed by atoms with van der Waals surface area (Å²) in [6.45, 7) is 14.7. The summed E-state index contributed by atoms with van der Waals surface area (Å²) in [7, 11) is 0. The summed E-state index contributed by atoms with van der Waals surface area (Å²) < 4.78 is 24.1. The first-order valence-electron chi connectivity index (χ1n) is 13.8. The first-order valence-corrected chi connectivity index (χ1v) is 13.8. The number of esters is 1. The van der Waals surface area contributed by atoms with Crippen LogP contribution >= 0.6 is 0 Å². The Hall–Kier alpha value is -1.92. The van der Waals surface area contributed by atoms with E-state index in [0.717, 1.165) is 36.1 Å². The van der Waals surface area contributed by atoms with E-state index < -0.39 is 23.5 Å². The minimum Gasteiger partial charge on any atom is -0.487 e. The lowest BCUT2D eigenvalue weighted by Gasteiger charge is -2.47. The van der Waals surface area contributed by atoms with Crippen molar-refractivity contribution in [2.24, 2.45) is 5.92 Å². The van der Waals surface area contributed by atoms with Crippen LogP contribution in [0.4, 0.5) is 0 Å².